The molecular formula is C19H21ClN2O4. The molecule has 0 bridgehead atoms. The van der Waals surface area contributed by atoms with E-state index >= 15 is 0 Å². The van der Waals surface area contributed by atoms with Crippen molar-refractivity contribution >= 4 is 34.9 Å². The van der Waals surface area contributed by atoms with E-state index in [1.54, 1.807) is 24.3 Å². The van der Waals surface area contributed by atoms with Gasteiger partial charge in [-0.25, -0.2) is 4.79 Å². The first-order chi connectivity index (χ1) is 12.3. The van der Waals surface area contributed by atoms with Crippen molar-refractivity contribution in [2.45, 2.75) is 13.0 Å². The number of carbonyl (C=O) groups is 2. The van der Waals surface area contributed by atoms with Crippen LogP contribution in [-0.4, -0.2) is 39.2 Å². The van der Waals surface area contributed by atoms with Crippen molar-refractivity contribution in [1.82, 2.24) is 0 Å². The summed E-state index contributed by atoms with van der Waals surface area (Å²) in [5, 5.41) is 3.08. The van der Waals surface area contributed by atoms with Gasteiger partial charge in [0, 0.05) is 30.5 Å². The third-order valence-corrected chi connectivity index (χ3v) is 3.92. The number of esters is 1. The summed E-state index contributed by atoms with van der Waals surface area (Å²) in [6, 6.07) is 11.9. The standard InChI is InChI=1S/C19H21ClN2O4/c1-12(18(23)21-14-6-8-15(9-7-14)22(2)3)26-19(24)16-11-13(20)5-10-17(16)25-4/h5-12H,1-4H3,(H,21,23). The quantitative estimate of drug-likeness (QED) is 0.780. The topological polar surface area (TPSA) is 67.9 Å². The minimum Gasteiger partial charge on any atom is -0.496 e. The molecule has 0 aromatic heterocycles. The maximum atomic E-state index is 12.3. The second-order valence-electron chi connectivity index (χ2n) is 5.82. The average molecular weight is 377 g/mol. The van der Waals surface area contributed by atoms with Crippen molar-refractivity contribution in [2.75, 3.05) is 31.4 Å². The van der Waals surface area contributed by atoms with Crippen molar-refractivity contribution in [3.8, 4) is 5.75 Å². The maximum absolute atomic E-state index is 12.3. The molecule has 0 heterocycles. The first-order valence-electron chi connectivity index (χ1n) is 7.94. The van der Waals surface area contributed by atoms with Gasteiger partial charge in [0.05, 0.1) is 7.11 Å². The van der Waals surface area contributed by atoms with Crippen LogP contribution in [0, 0.1) is 0 Å². The summed E-state index contributed by atoms with van der Waals surface area (Å²) >= 11 is 5.91. The Morgan fingerprint density at radius 2 is 1.77 bits per heavy atom. The van der Waals surface area contributed by atoms with Crippen LogP contribution in [0.15, 0.2) is 42.5 Å². The number of amides is 1. The maximum Gasteiger partial charge on any atom is 0.342 e. The molecule has 0 aliphatic heterocycles. The molecular weight excluding hydrogens is 356 g/mol. The minimum absolute atomic E-state index is 0.162. The zero-order valence-corrected chi connectivity index (χ0v) is 15.8. The molecule has 1 atom stereocenters. The number of rotatable bonds is 6. The molecule has 0 aliphatic rings. The number of hydrogen-bond acceptors (Lipinski definition) is 5. The number of nitrogens with one attached hydrogen (secondary N) is 1. The highest BCUT2D eigenvalue weighted by atomic mass is 35.5. The van der Waals surface area contributed by atoms with E-state index in [-0.39, 0.29) is 5.56 Å². The van der Waals surface area contributed by atoms with Gasteiger partial charge in [-0.2, -0.15) is 0 Å². The number of hydrogen-bond donors (Lipinski definition) is 1. The molecule has 1 amide bonds. The predicted molar refractivity (Wildman–Crippen MR) is 102 cm³/mol. The largest absolute Gasteiger partial charge is 0.496 e. The SMILES string of the molecule is COc1ccc(Cl)cc1C(=O)OC(C)C(=O)Nc1ccc(N(C)C)cc1. The van der Waals surface area contributed by atoms with Crippen LogP contribution < -0.4 is 15.0 Å². The van der Waals surface area contributed by atoms with Gasteiger partial charge in [0.25, 0.3) is 5.91 Å². The molecule has 0 fully saturated rings. The Balaban J connectivity index is 2.02. The fourth-order valence-corrected chi connectivity index (χ4v) is 2.38. The number of nitrogens with zero attached hydrogens (tertiary/aromatic N) is 1. The van der Waals surface area contributed by atoms with Gasteiger partial charge in [0.1, 0.15) is 11.3 Å². The van der Waals surface area contributed by atoms with E-state index in [4.69, 9.17) is 21.1 Å². The van der Waals surface area contributed by atoms with Crippen LogP contribution in [0.4, 0.5) is 11.4 Å². The van der Waals surface area contributed by atoms with Crippen LogP contribution in [0.5, 0.6) is 5.75 Å². The molecule has 0 spiro atoms. The number of carbonyl (C=O) groups excluding carboxylic acids is 2. The van der Waals surface area contributed by atoms with Crippen LogP contribution in [0.1, 0.15) is 17.3 Å². The third-order valence-electron chi connectivity index (χ3n) is 3.69. The Kier molecular flexibility index (Phi) is 6.46. The Labute approximate surface area is 157 Å². The average Bonchev–Trinajstić information content (AvgIpc) is 2.61. The van der Waals surface area contributed by atoms with Crippen molar-refractivity contribution < 1.29 is 19.1 Å². The van der Waals surface area contributed by atoms with Gasteiger partial charge in [-0.15, -0.1) is 0 Å². The smallest absolute Gasteiger partial charge is 0.342 e. The number of anilines is 2. The molecule has 6 nitrogen and oxygen atoms in total. The Morgan fingerprint density at radius 3 is 2.35 bits per heavy atom. The van der Waals surface area contributed by atoms with E-state index < -0.39 is 18.0 Å². The van der Waals surface area contributed by atoms with E-state index in [2.05, 4.69) is 5.32 Å². The zero-order chi connectivity index (χ0) is 19.3. The summed E-state index contributed by atoms with van der Waals surface area (Å²) in [6.45, 7) is 1.50. The molecule has 2 aromatic carbocycles. The van der Waals surface area contributed by atoms with Crippen molar-refractivity contribution in [3.63, 3.8) is 0 Å². The summed E-state index contributed by atoms with van der Waals surface area (Å²) in [5.74, 6) is -0.793. The molecule has 138 valence electrons. The molecule has 1 unspecified atom stereocenters. The second kappa shape index (κ2) is 8.58. The van der Waals surface area contributed by atoms with Crippen LogP contribution in [0.25, 0.3) is 0 Å². The molecule has 0 radical (unpaired) electrons. The first-order valence-corrected chi connectivity index (χ1v) is 8.32. The lowest BCUT2D eigenvalue weighted by Gasteiger charge is -2.16. The molecule has 2 aromatic rings. The second-order valence-corrected chi connectivity index (χ2v) is 6.26. The zero-order valence-electron chi connectivity index (χ0n) is 15.1. The summed E-state index contributed by atoms with van der Waals surface area (Å²) < 4.78 is 10.4. The monoisotopic (exact) mass is 376 g/mol. The van der Waals surface area contributed by atoms with Gasteiger partial charge in [-0.05, 0) is 49.4 Å². The third kappa shape index (κ3) is 4.89. The molecule has 0 saturated heterocycles. The van der Waals surface area contributed by atoms with Crippen LogP contribution >= 0.6 is 11.6 Å². The van der Waals surface area contributed by atoms with Crippen molar-refractivity contribution in [3.05, 3.63) is 53.1 Å². The summed E-state index contributed by atoms with van der Waals surface area (Å²) in [4.78, 5) is 26.5. The number of ether oxygens (including phenoxy) is 2. The number of methoxy groups -OCH3 is 1. The normalized spacial score (nSPS) is 11.4. The van der Waals surface area contributed by atoms with E-state index in [9.17, 15) is 9.59 Å². The highest BCUT2D eigenvalue weighted by Gasteiger charge is 2.21. The molecule has 7 heteroatoms. The van der Waals surface area contributed by atoms with Crippen LogP contribution in [0.2, 0.25) is 5.02 Å². The van der Waals surface area contributed by atoms with Crippen molar-refractivity contribution in [1.29, 1.82) is 0 Å². The van der Waals surface area contributed by atoms with E-state index in [0.29, 0.717) is 16.5 Å². The van der Waals surface area contributed by atoms with Gasteiger partial charge < -0.3 is 19.7 Å². The Hall–Kier alpha value is -2.73. The van der Waals surface area contributed by atoms with Crippen LogP contribution in [-0.2, 0) is 9.53 Å². The van der Waals surface area contributed by atoms with Gasteiger partial charge in [0.2, 0.25) is 0 Å². The lowest BCUT2D eigenvalue weighted by Crippen LogP contribution is -2.30. The van der Waals surface area contributed by atoms with Crippen molar-refractivity contribution in [2.24, 2.45) is 0 Å². The van der Waals surface area contributed by atoms with Gasteiger partial charge in [-0.3, -0.25) is 4.79 Å². The fourth-order valence-electron chi connectivity index (χ4n) is 2.20. The van der Waals surface area contributed by atoms with Crippen LogP contribution in [0.3, 0.4) is 0 Å². The molecule has 1 N–H and O–H groups in total. The Morgan fingerprint density at radius 1 is 1.12 bits per heavy atom. The minimum atomic E-state index is -0.986. The van der Waals surface area contributed by atoms with Gasteiger partial charge in [-0.1, -0.05) is 11.6 Å². The highest BCUT2D eigenvalue weighted by Crippen LogP contribution is 2.24. The lowest BCUT2D eigenvalue weighted by atomic mass is 10.2. The van der Waals surface area contributed by atoms with E-state index in [1.807, 2.05) is 31.1 Å². The lowest BCUT2D eigenvalue weighted by molar-refractivity contribution is -0.123. The number of halogens is 1. The van der Waals surface area contributed by atoms with Gasteiger partial charge >= 0.3 is 5.97 Å². The molecule has 26 heavy (non-hydrogen) atoms. The summed E-state index contributed by atoms with van der Waals surface area (Å²) in [5.41, 5.74) is 1.79. The summed E-state index contributed by atoms with van der Waals surface area (Å²) in [7, 11) is 5.30. The number of benzene rings is 2. The molecule has 2 rings (SSSR count). The Bertz CT molecular complexity index is 791. The predicted octanol–water partition coefficient (Wildman–Crippen LogP) is 3.60. The van der Waals surface area contributed by atoms with E-state index in [0.717, 1.165) is 5.69 Å². The first kappa shape index (κ1) is 19.6. The fraction of sp³-hybridized carbons (Fsp3) is 0.263. The molecule has 0 aliphatic carbocycles. The van der Waals surface area contributed by atoms with E-state index in [1.165, 1.54) is 20.1 Å². The molecule has 0 saturated carbocycles. The summed E-state index contributed by atoms with van der Waals surface area (Å²) in [6.07, 6.45) is -0.986. The highest BCUT2D eigenvalue weighted by molar-refractivity contribution is 6.31. The van der Waals surface area contributed by atoms with Gasteiger partial charge in [0.15, 0.2) is 6.10 Å².